The SMILES string of the molecule is Nc1nc2ccc(-c3csc(C(=O)NCc4ccoc4)c3)cn2n1. The molecule has 120 valence electrons. The highest BCUT2D eigenvalue weighted by molar-refractivity contribution is 7.12. The standard InChI is InChI=1S/C16H13N5O2S/c17-16-19-14-2-1-11(7-21(14)20-16)12-5-13(24-9-12)15(22)18-6-10-3-4-23-8-10/h1-5,7-9H,6H2,(H2,17,20)(H,18,22). The molecular weight excluding hydrogens is 326 g/mol. The number of furan rings is 1. The van der Waals surface area contributed by atoms with Gasteiger partial charge in [0.2, 0.25) is 5.95 Å². The van der Waals surface area contributed by atoms with Crippen LogP contribution < -0.4 is 11.1 Å². The van der Waals surface area contributed by atoms with Crippen molar-refractivity contribution in [1.82, 2.24) is 19.9 Å². The Bertz CT molecular complexity index is 1000. The molecule has 0 radical (unpaired) electrons. The second kappa shape index (κ2) is 5.82. The van der Waals surface area contributed by atoms with E-state index in [1.54, 1.807) is 17.0 Å². The third-order valence-electron chi connectivity index (χ3n) is 3.54. The van der Waals surface area contributed by atoms with Crippen molar-refractivity contribution in [1.29, 1.82) is 0 Å². The molecule has 0 spiro atoms. The number of anilines is 1. The first-order valence-corrected chi connectivity index (χ1v) is 8.07. The fourth-order valence-corrected chi connectivity index (χ4v) is 3.17. The van der Waals surface area contributed by atoms with Gasteiger partial charge in [-0.3, -0.25) is 4.79 Å². The number of aromatic nitrogens is 3. The molecule has 8 heteroatoms. The van der Waals surface area contributed by atoms with E-state index in [0.717, 1.165) is 16.7 Å². The van der Waals surface area contributed by atoms with Gasteiger partial charge in [0.25, 0.3) is 5.91 Å². The Morgan fingerprint density at radius 3 is 3.08 bits per heavy atom. The van der Waals surface area contributed by atoms with Gasteiger partial charge in [-0.05, 0) is 35.2 Å². The van der Waals surface area contributed by atoms with Gasteiger partial charge in [0.05, 0.1) is 17.4 Å². The average molecular weight is 339 g/mol. The van der Waals surface area contributed by atoms with Gasteiger partial charge in [-0.25, -0.2) is 4.52 Å². The summed E-state index contributed by atoms with van der Waals surface area (Å²) in [6, 6.07) is 7.45. The van der Waals surface area contributed by atoms with Crippen LogP contribution in [0.3, 0.4) is 0 Å². The number of amides is 1. The zero-order valence-corrected chi connectivity index (χ0v) is 13.3. The van der Waals surface area contributed by atoms with Gasteiger partial charge < -0.3 is 15.5 Å². The first-order chi connectivity index (χ1) is 11.7. The van der Waals surface area contributed by atoms with Gasteiger partial charge >= 0.3 is 0 Å². The van der Waals surface area contributed by atoms with Crippen molar-refractivity contribution < 1.29 is 9.21 Å². The van der Waals surface area contributed by atoms with E-state index < -0.39 is 0 Å². The molecule has 0 unspecified atom stereocenters. The highest BCUT2D eigenvalue weighted by Gasteiger charge is 2.11. The maximum Gasteiger partial charge on any atom is 0.261 e. The van der Waals surface area contributed by atoms with Gasteiger partial charge in [0.1, 0.15) is 0 Å². The second-order valence-electron chi connectivity index (χ2n) is 5.20. The molecular formula is C16H13N5O2S. The molecule has 4 aromatic rings. The number of nitrogens with two attached hydrogens (primary N) is 1. The molecule has 0 fully saturated rings. The first kappa shape index (κ1) is 14.5. The number of pyridine rings is 1. The van der Waals surface area contributed by atoms with Gasteiger partial charge in [-0.1, -0.05) is 0 Å². The maximum absolute atomic E-state index is 12.2. The van der Waals surface area contributed by atoms with Crippen LogP contribution in [0.2, 0.25) is 0 Å². The molecule has 0 aliphatic heterocycles. The highest BCUT2D eigenvalue weighted by atomic mass is 32.1. The highest BCUT2D eigenvalue weighted by Crippen LogP contribution is 2.26. The Morgan fingerprint density at radius 1 is 1.33 bits per heavy atom. The fourth-order valence-electron chi connectivity index (χ4n) is 2.34. The molecule has 4 rings (SSSR count). The number of nitrogens with zero attached hydrogens (tertiary/aromatic N) is 3. The normalized spacial score (nSPS) is 11.0. The number of fused-ring (bicyclic) bond motifs is 1. The summed E-state index contributed by atoms with van der Waals surface area (Å²) in [6.45, 7) is 0.437. The quantitative estimate of drug-likeness (QED) is 0.595. The van der Waals surface area contributed by atoms with Crippen LogP contribution in [0.1, 0.15) is 15.2 Å². The molecule has 0 saturated carbocycles. The summed E-state index contributed by atoms with van der Waals surface area (Å²) in [5.74, 6) is 0.121. The van der Waals surface area contributed by atoms with Crippen LogP contribution in [0.15, 0.2) is 52.8 Å². The van der Waals surface area contributed by atoms with Crippen LogP contribution in [-0.2, 0) is 6.54 Å². The summed E-state index contributed by atoms with van der Waals surface area (Å²) in [4.78, 5) is 17.0. The van der Waals surface area contributed by atoms with E-state index in [4.69, 9.17) is 10.2 Å². The summed E-state index contributed by atoms with van der Waals surface area (Å²) >= 11 is 1.39. The fraction of sp³-hybridized carbons (Fsp3) is 0.0625. The summed E-state index contributed by atoms with van der Waals surface area (Å²) in [6.07, 6.45) is 5.03. The lowest BCUT2D eigenvalue weighted by molar-refractivity contribution is 0.0955. The summed E-state index contributed by atoms with van der Waals surface area (Å²) in [7, 11) is 0. The van der Waals surface area contributed by atoms with E-state index in [0.29, 0.717) is 17.1 Å². The average Bonchev–Trinajstić information content (AvgIpc) is 3.31. The smallest absolute Gasteiger partial charge is 0.261 e. The molecule has 24 heavy (non-hydrogen) atoms. The molecule has 4 heterocycles. The molecule has 7 nitrogen and oxygen atoms in total. The van der Waals surface area contributed by atoms with Crippen LogP contribution in [-0.4, -0.2) is 20.5 Å². The van der Waals surface area contributed by atoms with Gasteiger partial charge in [0, 0.05) is 23.9 Å². The minimum absolute atomic E-state index is 0.112. The van der Waals surface area contributed by atoms with E-state index >= 15 is 0 Å². The van der Waals surface area contributed by atoms with Crippen molar-refractivity contribution in [2.45, 2.75) is 6.54 Å². The minimum atomic E-state index is -0.112. The molecule has 0 bridgehead atoms. The Kier molecular flexibility index (Phi) is 3.51. The number of nitrogens with one attached hydrogen (secondary N) is 1. The van der Waals surface area contributed by atoms with Crippen LogP contribution in [0.5, 0.6) is 0 Å². The van der Waals surface area contributed by atoms with Crippen LogP contribution in [0, 0.1) is 0 Å². The number of rotatable bonds is 4. The third kappa shape index (κ3) is 2.74. The number of thiophene rings is 1. The van der Waals surface area contributed by atoms with Gasteiger partial charge in [-0.15, -0.1) is 16.4 Å². The van der Waals surface area contributed by atoms with Crippen molar-refractivity contribution in [2.75, 3.05) is 5.73 Å². The van der Waals surface area contributed by atoms with E-state index in [2.05, 4.69) is 15.4 Å². The number of carbonyl (C=O) groups is 1. The number of hydrogen-bond donors (Lipinski definition) is 2. The largest absolute Gasteiger partial charge is 0.472 e. The maximum atomic E-state index is 12.2. The van der Waals surface area contributed by atoms with Crippen molar-refractivity contribution in [3.63, 3.8) is 0 Å². The molecule has 0 saturated heterocycles. The topological polar surface area (TPSA) is 98.4 Å². The van der Waals surface area contributed by atoms with Crippen molar-refractivity contribution in [3.8, 4) is 11.1 Å². The lowest BCUT2D eigenvalue weighted by Gasteiger charge is -2.01. The first-order valence-electron chi connectivity index (χ1n) is 7.19. The minimum Gasteiger partial charge on any atom is -0.472 e. The monoisotopic (exact) mass is 339 g/mol. The van der Waals surface area contributed by atoms with Gasteiger partial charge in [-0.2, -0.15) is 4.98 Å². The summed E-state index contributed by atoms with van der Waals surface area (Å²) < 4.78 is 6.61. The zero-order valence-electron chi connectivity index (χ0n) is 12.5. The van der Waals surface area contributed by atoms with E-state index in [1.165, 1.54) is 11.3 Å². The predicted molar refractivity (Wildman–Crippen MR) is 90.6 cm³/mol. The van der Waals surface area contributed by atoms with E-state index in [9.17, 15) is 4.79 Å². The van der Waals surface area contributed by atoms with Crippen molar-refractivity contribution in [2.24, 2.45) is 0 Å². The summed E-state index contributed by atoms with van der Waals surface area (Å²) in [5.41, 5.74) is 9.10. The Labute approximate surface area is 140 Å². The Morgan fingerprint density at radius 2 is 2.25 bits per heavy atom. The van der Waals surface area contributed by atoms with Crippen LogP contribution in [0.4, 0.5) is 5.95 Å². The van der Waals surface area contributed by atoms with Crippen LogP contribution >= 0.6 is 11.3 Å². The number of hydrogen-bond acceptors (Lipinski definition) is 6. The second-order valence-corrected chi connectivity index (χ2v) is 6.12. The number of carbonyl (C=O) groups excluding carboxylic acids is 1. The third-order valence-corrected chi connectivity index (χ3v) is 4.47. The molecule has 0 aliphatic carbocycles. The molecule has 0 atom stereocenters. The lowest BCUT2D eigenvalue weighted by Crippen LogP contribution is -2.21. The molecule has 4 aromatic heterocycles. The van der Waals surface area contributed by atoms with Crippen molar-refractivity contribution >= 4 is 28.8 Å². The van der Waals surface area contributed by atoms with Gasteiger partial charge in [0.15, 0.2) is 5.65 Å². The predicted octanol–water partition coefficient (Wildman–Crippen LogP) is 2.56. The molecule has 0 aliphatic rings. The number of nitrogen functional groups attached to an aromatic ring is 1. The molecule has 0 aromatic carbocycles. The summed E-state index contributed by atoms with van der Waals surface area (Å²) in [5, 5.41) is 8.90. The zero-order chi connectivity index (χ0) is 16.5. The van der Waals surface area contributed by atoms with E-state index in [-0.39, 0.29) is 11.9 Å². The van der Waals surface area contributed by atoms with Crippen molar-refractivity contribution in [3.05, 3.63) is 58.8 Å². The Hall–Kier alpha value is -3.13. The Balaban J connectivity index is 1.53. The lowest BCUT2D eigenvalue weighted by atomic mass is 10.1. The van der Waals surface area contributed by atoms with E-state index in [1.807, 2.05) is 35.8 Å². The molecule has 3 N–H and O–H groups in total. The van der Waals surface area contributed by atoms with Crippen LogP contribution in [0.25, 0.3) is 16.8 Å². The molecule has 1 amide bonds.